The second kappa shape index (κ2) is 6.01. The van der Waals surface area contributed by atoms with E-state index in [4.69, 9.17) is 5.73 Å². The molecule has 3 nitrogen and oxygen atoms in total. The molecular formula is C15H24N2O. The van der Waals surface area contributed by atoms with E-state index in [-0.39, 0.29) is 17.4 Å². The fourth-order valence-electron chi connectivity index (χ4n) is 1.48. The Hall–Kier alpha value is -1.35. The molecule has 0 aliphatic rings. The van der Waals surface area contributed by atoms with Crippen LogP contribution in [0.1, 0.15) is 38.3 Å². The lowest BCUT2D eigenvalue weighted by Gasteiger charge is -2.26. The Bertz CT molecular complexity index is 390. The highest BCUT2D eigenvalue weighted by Crippen LogP contribution is 2.19. The van der Waals surface area contributed by atoms with Gasteiger partial charge in [0.25, 0.3) is 0 Å². The fraction of sp³-hybridized carbons (Fsp3) is 0.533. The number of carbonyl (C=O) groups excluding carboxylic acids is 1. The minimum atomic E-state index is -0.115. The van der Waals surface area contributed by atoms with Crippen LogP contribution in [0.3, 0.4) is 0 Å². The van der Waals surface area contributed by atoms with Crippen molar-refractivity contribution < 1.29 is 4.79 Å². The second-order valence-corrected chi connectivity index (χ2v) is 5.94. The SMILES string of the molecule is Cc1ccc(CNC(=O)CC(N)C(C)(C)C)cc1. The third-order valence-corrected chi connectivity index (χ3v) is 3.13. The molecule has 0 saturated heterocycles. The zero-order valence-corrected chi connectivity index (χ0v) is 11.8. The van der Waals surface area contributed by atoms with Crippen molar-refractivity contribution in [1.29, 1.82) is 0 Å². The third-order valence-electron chi connectivity index (χ3n) is 3.13. The summed E-state index contributed by atoms with van der Waals surface area (Å²) in [6.45, 7) is 8.75. The molecule has 3 N–H and O–H groups in total. The summed E-state index contributed by atoms with van der Waals surface area (Å²) in [4.78, 5) is 11.7. The smallest absolute Gasteiger partial charge is 0.221 e. The first kappa shape index (κ1) is 14.7. The Kier molecular flexibility index (Phi) is 4.91. The number of aryl methyl sites for hydroxylation is 1. The van der Waals surface area contributed by atoms with Crippen molar-refractivity contribution >= 4 is 5.91 Å². The number of nitrogens with two attached hydrogens (primary N) is 1. The van der Waals surface area contributed by atoms with Crippen LogP contribution in [0.15, 0.2) is 24.3 Å². The van der Waals surface area contributed by atoms with Gasteiger partial charge in [-0.1, -0.05) is 50.6 Å². The summed E-state index contributed by atoms with van der Waals surface area (Å²) in [5, 5.41) is 2.90. The number of carbonyl (C=O) groups is 1. The van der Waals surface area contributed by atoms with E-state index in [0.29, 0.717) is 13.0 Å². The Morgan fingerprint density at radius 1 is 1.28 bits per heavy atom. The van der Waals surface area contributed by atoms with Crippen LogP contribution in [0, 0.1) is 12.3 Å². The number of benzene rings is 1. The van der Waals surface area contributed by atoms with Gasteiger partial charge in [0.05, 0.1) is 0 Å². The molecule has 0 aromatic heterocycles. The van der Waals surface area contributed by atoms with E-state index >= 15 is 0 Å². The van der Waals surface area contributed by atoms with Crippen LogP contribution < -0.4 is 11.1 Å². The Morgan fingerprint density at radius 2 is 1.83 bits per heavy atom. The van der Waals surface area contributed by atoms with E-state index in [2.05, 4.69) is 5.32 Å². The summed E-state index contributed by atoms with van der Waals surface area (Å²) < 4.78 is 0. The number of hydrogen-bond donors (Lipinski definition) is 2. The van der Waals surface area contributed by atoms with Gasteiger partial charge < -0.3 is 11.1 Å². The number of amides is 1. The lowest BCUT2D eigenvalue weighted by molar-refractivity contribution is -0.122. The Balaban J connectivity index is 2.40. The molecule has 0 heterocycles. The number of nitrogens with one attached hydrogen (secondary N) is 1. The van der Waals surface area contributed by atoms with Crippen LogP contribution >= 0.6 is 0 Å². The summed E-state index contributed by atoms with van der Waals surface area (Å²) in [6.07, 6.45) is 0.370. The lowest BCUT2D eigenvalue weighted by Crippen LogP contribution is -2.40. The molecule has 0 aliphatic carbocycles. The van der Waals surface area contributed by atoms with Gasteiger partial charge in [-0.05, 0) is 17.9 Å². The first-order valence-corrected chi connectivity index (χ1v) is 6.37. The average Bonchev–Trinajstić information content (AvgIpc) is 2.27. The standard InChI is InChI=1S/C15H24N2O/c1-11-5-7-12(8-6-11)10-17-14(18)9-13(16)15(2,3)4/h5-8,13H,9-10,16H2,1-4H3,(H,17,18). The molecule has 0 aliphatic heterocycles. The van der Waals surface area contributed by atoms with Crippen molar-refractivity contribution in [2.24, 2.45) is 11.1 Å². The molecule has 0 spiro atoms. The molecule has 1 unspecified atom stereocenters. The molecule has 0 bridgehead atoms. The highest BCUT2D eigenvalue weighted by molar-refractivity contribution is 5.76. The molecule has 0 fully saturated rings. The van der Waals surface area contributed by atoms with Crippen LogP contribution in [0.25, 0.3) is 0 Å². The minimum absolute atomic E-state index is 0.0120. The highest BCUT2D eigenvalue weighted by Gasteiger charge is 2.22. The fourth-order valence-corrected chi connectivity index (χ4v) is 1.48. The van der Waals surface area contributed by atoms with Gasteiger partial charge in [0, 0.05) is 19.0 Å². The molecule has 1 rings (SSSR count). The molecule has 1 atom stereocenters. The van der Waals surface area contributed by atoms with Gasteiger partial charge in [-0.25, -0.2) is 0 Å². The van der Waals surface area contributed by atoms with Crippen LogP contribution in [0.4, 0.5) is 0 Å². The number of hydrogen-bond acceptors (Lipinski definition) is 2. The van der Waals surface area contributed by atoms with Gasteiger partial charge in [0.1, 0.15) is 0 Å². The summed E-state index contributed by atoms with van der Waals surface area (Å²) in [7, 11) is 0. The zero-order valence-electron chi connectivity index (χ0n) is 11.8. The van der Waals surface area contributed by atoms with E-state index in [0.717, 1.165) is 5.56 Å². The van der Waals surface area contributed by atoms with Gasteiger partial charge in [0.2, 0.25) is 5.91 Å². The highest BCUT2D eigenvalue weighted by atomic mass is 16.1. The van der Waals surface area contributed by atoms with E-state index < -0.39 is 0 Å². The maximum atomic E-state index is 11.7. The second-order valence-electron chi connectivity index (χ2n) is 5.94. The van der Waals surface area contributed by atoms with Crippen LogP contribution in [0.2, 0.25) is 0 Å². The van der Waals surface area contributed by atoms with E-state index in [1.54, 1.807) is 0 Å². The molecule has 18 heavy (non-hydrogen) atoms. The van der Waals surface area contributed by atoms with Gasteiger partial charge in [0.15, 0.2) is 0 Å². The molecule has 100 valence electrons. The maximum absolute atomic E-state index is 11.7. The summed E-state index contributed by atoms with van der Waals surface area (Å²) in [6, 6.07) is 8.03. The van der Waals surface area contributed by atoms with Crippen molar-refractivity contribution in [1.82, 2.24) is 5.32 Å². The lowest BCUT2D eigenvalue weighted by atomic mass is 9.85. The Morgan fingerprint density at radius 3 is 2.33 bits per heavy atom. The van der Waals surface area contributed by atoms with E-state index in [1.165, 1.54) is 5.56 Å². The first-order valence-electron chi connectivity index (χ1n) is 6.37. The molecule has 1 aromatic rings. The van der Waals surface area contributed by atoms with Crippen molar-refractivity contribution in [2.45, 2.75) is 46.7 Å². The molecule has 0 saturated carbocycles. The molecular weight excluding hydrogens is 224 g/mol. The Labute approximate surface area is 110 Å². The minimum Gasteiger partial charge on any atom is -0.352 e. The van der Waals surface area contributed by atoms with Crippen LogP contribution in [-0.4, -0.2) is 11.9 Å². The average molecular weight is 248 g/mol. The van der Waals surface area contributed by atoms with Crippen molar-refractivity contribution in [2.75, 3.05) is 0 Å². The van der Waals surface area contributed by atoms with Crippen LogP contribution in [-0.2, 0) is 11.3 Å². The van der Waals surface area contributed by atoms with Crippen molar-refractivity contribution in [3.8, 4) is 0 Å². The number of rotatable bonds is 4. The van der Waals surface area contributed by atoms with Gasteiger partial charge >= 0.3 is 0 Å². The molecule has 0 radical (unpaired) electrons. The third kappa shape index (κ3) is 4.88. The normalized spacial score (nSPS) is 13.2. The molecule has 1 aromatic carbocycles. The first-order chi connectivity index (χ1) is 8.29. The van der Waals surface area contributed by atoms with Gasteiger partial charge in [-0.3, -0.25) is 4.79 Å². The predicted molar refractivity (Wildman–Crippen MR) is 75.1 cm³/mol. The maximum Gasteiger partial charge on any atom is 0.221 e. The van der Waals surface area contributed by atoms with Gasteiger partial charge in [-0.2, -0.15) is 0 Å². The van der Waals surface area contributed by atoms with Crippen molar-refractivity contribution in [3.05, 3.63) is 35.4 Å². The topological polar surface area (TPSA) is 55.1 Å². The van der Waals surface area contributed by atoms with E-state index in [9.17, 15) is 4.79 Å². The van der Waals surface area contributed by atoms with Gasteiger partial charge in [-0.15, -0.1) is 0 Å². The summed E-state index contributed by atoms with van der Waals surface area (Å²) in [5.41, 5.74) is 8.27. The van der Waals surface area contributed by atoms with Crippen LogP contribution in [0.5, 0.6) is 0 Å². The van der Waals surface area contributed by atoms with E-state index in [1.807, 2.05) is 52.0 Å². The zero-order chi connectivity index (χ0) is 13.8. The predicted octanol–water partition coefficient (Wildman–Crippen LogP) is 2.37. The molecule has 1 amide bonds. The molecule has 3 heteroatoms. The van der Waals surface area contributed by atoms with Crippen molar-refractivity contribution in [3.63, 3.8) is 0 Å². The monoisotopic (exact) mass is 248 g/mol. The quantitative estimate of drug-likeness (QED) is 0.859. The summed E-state index contributed by atoms with van der Waals surface area (Å²) in [5.74, 6) is 0.0120. The summed E-state index contributed by atoms with van der Waals surface area (Å²) >= 11 is 0. The largest absolute Gasteiger partial charge is 0.352 e.